The Hall–Kier alpha value is -2.74. The molecule has 4 rings (SSSR count). The average molecular weight is 704 g/mol. The Balaban J connectivity index is 0.000000265. The standard InChI is InChI=1S/C19H24O.C12H17N.C6H8N.C5H10.Mo/c1-11-7-13(3)17(14(4)8-11)19(20)18-15(5)9-12(2)10-16(18)6;1-8(2)10-6-5-7-11(9(3)4)12(10)13;1-5-3-4-6(2)7-5;1-5(2,3)4;/h7-10,19-20H,1-6H3;5-9H,1-4H3;3-4H,1-2H3;1H,2-4H3;/q;;-1;;. The van der Waals surface area contributed by atoms with Crippen LogP contribution in [0.2, 0.25) is 0 Å². The van der Waals surface area contributed by atoms with E-state index in [1.165, 1.54) is 27.9 Å². The fourth-order valence-electron chi connectivity index (χ4n) is 5.84. The maximum absolute atomic E-state index is 10.9. The molecule has 3 nitrogen and oxygen atoms in total. The van der Waals surface area contributed by atoms with E-state index in [1.807, 2.05) is 26.0 Å². The van der Waals surface area contributed by atoms with Crippen LogP contribution >= 0.6 is 0 Å². The summed E-state index contributed by atoms with van der Waals surface area (Å²) in [4.78, 5) is 4.11. The maximum Gasteiger partial charge on any atom is 0.105 e. The number of benzene rings is 3. The van der Waals surface area contributed by atoms with Gasteiger partial charge in [0.2, 0.25) is 0 Å². The minimum Gasteiger partial charge on any atom is -0.665 e. The topological polar surface area (TPSA) is 46.7 Å². The number of rotatable bonds is 5. The van der Waals surface area contributed by atoms with Gasteiger partial charge < -0.3 is 10.1 Å². The van der Waals surface area contributed by atoms with E-state index in [2.05, 4.69) is 142 Å². The first-order valence-electron chi connectivity index (χ1n) is 16.6. The molecule has 4 aromatic rings. The zero-order valence-corrected chi connectivity index (χ0v) is 33.3. The molecule has 0 spiro atoms. The zero-order valence-electron chi connectivity index (χ0n) is 31.3. The van der Waals surface area contributed by atoms with Gasteiger partial charge in [0.25, 0.3) is 0 Å². The van der Waals surface area contributed by atoms with Crippen molar-refractivity contribution in [1.82, 2.24) is 4.98 Å². The molecule has 0 amide bonds. The molecule has 0 atom stereocenters. The monoisotopic (exact) mass is 705 g/mol. The third kappa shape index (κ3) is 11.8. The molecule has 3 aromatic carbocycles. The van der Waals surface area contributed by atoms with Gasteiger partial charge in [0.1, 0.15) is 6.10 Å². The van der Waals surface area contributed by atoms with Crippen LogP contribution in [0, 0.1) is 60.8 Å². The molecule has 0 saturated carbocycles. The number of nitrogens with zero attached hydrogens (tertiary/aromatic N) is 2. The first kappa shape index (κ1) is 39.4. The van der Waals surface area contributed by atoms with Crippen LogP contribution in [0.3, 0.4) is 0 Å². The van der Waals surface area contributed by atoms with Gasteiger partial charge in [-0.2, -0.15) is 11.4 Å². The van der Waals surface area contributed by atoms with Crippen LogP contribution in [0.15, 0.2) is 58.1 Å². The van der Waals surface area contributed by atoms with Crippen LogP contribution in [0.5, 0.6) is 0 Å². The predicted molar refractivity (Wildman–Crippen MR) is 197 cm³/mol. The largest absolute Gasteiger partial charge is 0.665 e. The minimum absolute atomic E-state index is 0.288. The summed E-state index contributed by atoms with van der Waals surface area (Å²) in [5.74, 6) is 1.08. The SMILES string of the molecule is CC(C)c1cccc(C(C)C)c1[N]=[Mo]=[CH]C(C)(C)C.Cc1cc(C)c(C(O)c2c(C)cc(C)cc2C)c(C)c1.Cc1ccc(C)[n-]1. The van der Waals surface area contributed by atoms with Crippen molar-refractivity contribution in [3.05, 3.63) is 122 Å². The summed E-state index contributed by atoms with van der Waals surface area (Å²) in [6.07, 6.45) is -0.545. The molecule has 0 fully saturated rings. The number of aromatic nitrogens is 1. The van der Waals surface area contributed by atoms with Gasteiger partial charge in [-0.3, -0.25) is 0 Å². The zero-order chi connectivity index (χ0) is 34.9. The van der Waals surface area contributed by atoms with E-state index in [0.29, 0.717) is 11.8 Å². The Morgan fingerprint density at radius 2 is 1.02 bits per heavy atom. The second-order valence-corrected chi connectivity index (χ2v) is 16.1. The van der Waals surface area contributed by atoms with Gasteiger partial charge in [0, 0.05) is 0 Å². The Kier molecular flexibility index (Phi) is 14.9. The fraction of sp³-hybridized carbons (Fsp3) is 0.452. The number of hydrogen-bond acceptors (Lipinski definition) is 2. The van der Waals surface area contributed by atoms with E-state index in [1.54, 1.807) is 0 Å². The molecule has 0 unspecified atom stereocenters. The summed E-state index contributed by atoms with van der Waals surface area (Å²) < 4.78 is 7.42. The predicted octanol–water partition coefficient (Wildman–Crippen LogP) is 11.6. The second-order valence-electron chi connectivity index (χ2n) is 14.5. The molecule has 0 bridgehead atoms. The minimum atomic E-state index is -0.545. The fourth-order valence-corrected chi connectivity index (χ4v) is 7.52. The molecule has 4 heteroatoms. The quantitative estimate of drug-likeness (QED) is 0.210. The summed E-state index contributed by atoms with van der Waals surface area (Å²) in [5.41, 5.74) is 15.8. The van der Waals surface area contributed by atoms with Gasteiger partial charge in [0.15, 0.2) is 0 Å². The molecule has 0 aliphatic carbocycles. The van der Waals surface area contributed by atoms with Crippen LogP contribution in [-0.4, -0.2) is 9.51 Å². The molecule has 1 N–H and O–H groups in total. The van der Waals surface area contributed by atoms with E-state index in [4.69, 9.17) is 3.50 Å². The molecule has 0 aliphatic heterocycles. The molecular formula is C42H59MoN2O-. The van der Waals surface area contributed by atoms with Gasteiger partial charge >= 0.3 is 127 Å². The number of aryl methyl sites for hydroxylation is 8. The van der Waals surface area contributed by atoms with E-state index >= 15 is 0 Å². The number of hydrogen-bond donors (Lipinski definition) is 1. The summed E-state index contributed by atoms with van der Waals surface area (Å²) >= 11 is -0.415. The van der Waals surface area contributed by atoms with Crippen LogP contribution in [0.1, 0.15) is 133 Å². The van der Waals surface area contributed by atoms with Crippen molar-refractivity contribution in [2.45, 2.75) is 122 Å². The second kappa shape index (κ2) is 17.4. The van der Waals surface area contributed by atoms with E-state index in [-0.39, 0.29) is 5.41 Å². The van der Waals surface area contributed by atoms with Crippen LogP contribution < -0.4 is 4.98 Å². The van der Waals surface area contributed by atoms with Crippen LogP contribution in [0.4, 0.5) is 5.69 Å². The third-order valence-corrected chi connectivity index (χ3v) is 10.5. The Labute approximate surface area is 289 Å². The molecule has 250 valence electrons. The van der Waals surface area contributed by atoms with E-state index < -0.39 is 24.0 Å². The summed E-state index contributed by atoms with van der Waals surface area (Å²) in [7, 11) is 0. The van der Waals surface area contributed by atoms with Gasteiger partial charge in [0.05, 0.1) is 0 Å². The smallest absolute Gasteiger partial charge is 0.105 e. The molecule has 0 radical (unpaired) electrons. The van der Waals surface area contributed by atoms with Gasteiger partial charge in [-0.05, 0) is 74.9 Å². The van der Waals surface area contributed by atoms with Crippen molar-refractivity contribution < 1.29 is 23.0 Å². The molecular weight excluding hydrogens is 644 g/mol. The molecule has 1 aromatic heterocycles. The molecule has 0 saturated heterocycles. The first-order chi connectivity index (χ1) is 21.3. The first-order valence-corrected chi connectivity index (χ1v) is 18.6. The van der Waals surface area contributed by atoms with Crippen molar-refractivity contribution in [1.29, 1.82) is 0 Å². The average Bonchev–Trinajstić information content (AvgIpc) is 3.29. The van der Waals surface area contributed by atoms with Crippen LogP contribution in [0.25, 0.3) is 0 Å². The van der Waals surface area contributed by atoms with E-state index in [0.717, 1.165) is 44.8 Å². The Morgan fingerprint density at radius 3 is 1.30 bits per heavy atom. The van der Waals surface area contributed by atoms with Gasteiger partial charge in [-0.15, -0.1) is 0 Å². The van der Waals surface area contributed by atoms with Crippen molar-refractivity contribution >= 4 is 10.1 Å². The molecule has 46 heavy (non-hydrogen) atoms. The maximum atomic E-state index is 10.9. The van der Waals surface area contributed by atoms with Crippen molar-refractivity contribution in [2.75, 3.05) is 0 Å². The van der Waals surface area contributed by atoms with E-state index in [9.17, 15) is 5.11 Å². The van der Waals surface area contributed by atoms with Crippen molar-refractivity contribution in [3.8, 4) is 0 Å². The molecule has 1 heterocycles. The number of aliphatic hydroxyl groups is 1. The summed E-state index contributed by atoms with van der Waals surface area (Å²) in [6, 6.07) is 19.2. The van der Waals surface area contributed by atoms with Gasteiger partial charge in [-0.25, -0.2) is 0 Å². The Bertz CT molecular complexity index is 1510. The summed E-state index contributed by atoms with van der Waals surface area (Å²) in [5, 5.41) is 10.9. The number of aliphatic hydroxyl groups excluding tert-OH is 1. The molecule has 0 aliphatic rings. The normalized spacial score (nSPS) is 11.2. The van der Waals surface area contributed by atoms with Crippen molar-refractivity contribution in [2.24, 2.45) is 8.91 Å². The Morgan fingerprint density at radius 1 is 0.652 bits per heavy atom. The third-order valence-electron chi connectivity index (χ3n) is 7.83. The summed E-state index contributed by atoms with van der Waals surface area (Å²) in [6.45, 7) is 32.3. The van der Waals surface area contributed by atoms with Crippen molar-refractivity contribution in [3.63, 3.8) is 0 Å². The van der Waals surface area contributed by atoms with Gasteiger partial charge in [-0.1, -0.05) is 61.4 Å². The van der Waals surface area contributed by atoms with Crippen LogP contribution in [-0.2, 0) is 17.9 Å².